The summed E-state index contributed by atoms with van der Waals surface area (Å²) < 4.78 is 6.05. The van der Waals surface area contributed by atoms with Gasteiger partial charge in [0.25, 0.3) is 5.69 Å². The van der Waals surface area contributed by atoms with E-state index in [9.17, 15) is 14.9 Å². The highest BCUT2D eigenvalue weighted by Gasteiger charge is 2.11. The van der Waals surface area contributed by atoms with Crippen LogP contribution in [-0.2, 0) is 4.79 Å². The molecular formula is C16H12BrClN2O4. The van der Waals surface area contributed by atoms with Crippen LogP contribution in [0.4, 0.5) is 11.4 Å². The zero-order valence-corrected chi connectivity index (χ0v) is 14.8. The number of methoxy groups -OCH3 is 1. The topological polar surface area (TPSA) is 81.5 Å². The molecule has 0 radical (unpaired) electrons. The van der Waals surface area contributed by atoms with E-state index in [0.29, 0.717) is 11.3 Å². The van der Waals surface area contributed by atoms with Crippen molar-refractivity contribution in [3.05, 3.63) is 67.6 Å². The first-order chi connectivity index (χ1) is 11.4. The van der Waals surface area contributed by atoms with Crippen LogP contribution >= 0.6 is 27.5 Å². The van der Waals surface area contributed by atoms with Gasteiger partial charge in [0.1, 0.15) is 5.75 Å². The molecule has 1 N–H and O–H groups in total. The second kappa shape index (κ2) is 7.94. The smallest absolute Gasteiger partial charge is 0.271 e. The number of nitrogens with one attached hydrogen (secondary N) is 1. The van der Waals surface area contributed by atoms with Crippen LogP contribution in [0.25, 0.3) is 6.08 Å². The molecule has 2 aromatic rings. The van der Waals surface area contributed by atoms with Crippen molar-refractivity contribution in [1.82, 2.24) is 0 Å². The lowest BCUT2D eigenvalue weighted by atomic mass is 10.2. The zero-order chi connectivity index (χ0) is 17.7. The van der Waals surface area contributed by atoms with Crippen molar-refractivity contribution in [3.8, 4) is 5.75 Å². The maximum absolute atomic E-state index is 12.0. The fraction of sp³-hybridized carbons (Fsp3) is 0.0625. The molecule has 0 aliphatic carbocycles. The molecule has 0 saturated carbocycles. The molecule has 0 saturated heterocycles. The van der Waals surface area contributed by atoms with Crippen LogP contribution in [0.3, 0.4) is 0 Å². The van der Waals surface area contributed by atoms with Gasteiger partial charge in [0.2, 0.25) is 5.91 Å². The van der Waals surface area contributed by atoms with E-state index in [4.69, 9.17) is 16.3 Å². The van der Waals surface area contributed by atoms with Crippen LogP contribution in [0.1, 0.15) is 5.56 Å². The lowest BCUT2D eigenvalue weighted by molar-refractivity contribution is -0.384. The highest BCUT2D eigenvalue weighted by atomic mass is 79.9. The largest absolute Gasteiger partial charge is 0.496 e. The summed E-state index contributed by atoms with van der Waals surface area (Å²) in [5.41, 5.74) is 0.709. The second-order valence-corrected chi connectivity index (χ2v) is 5.95. The number of halogens is 2. The molecule has 2 aromatic carbocycles. The Morgan fingerprint density at radius 2 is 2.08 bits per heavy atom. The summed E-state index contributed by atoms with van der Waals surface area (Å²) in [6.45, 7) is 0. The first kappa shape index (κ1) is 18.0. The summed E-state index contributed by atoms with van der Waals surface area (Å²) in [4.78, 5) is 22.2. The summed E-state index contributed by atoms with van der Waals surface area (Å²) in [5.74, 6) is 0.134. The number of amides is 1. The molecule has 0 fully saturated rings. The first-order valence-corrected chi connectivity index (χ1v) is 7.84. The number of carbonyl (C=O) groups is 1. The summed E-state index contributed by atoms with van der Waals surface area (Å²) in [6.07, 6.45) is 2.86. The highest BCUT2D eigenvalue weighted by Crippen LogP contribution is 2.27. The number of non-ortho nitro benzene ring substituents is 1. The predicted octanol–water partition coefficient (Wildman–Crippen LogP) is 4.67. The average molecular weight is 412 g/mol. The Morgan fingerprint density at radius 3 is 2.75 bits per heavy atom. The summed E-state index contributed by atoms with van der Waals surface area (Å²) in [6, 6.07) is 9.20. The Kier molecular flexibility index (Phi) is 5.94. The zero-order valence-electron chi connectivity index (χ0n) is 12.5. The minimum atomic E-state index is -0.561. The molecule has 24 heavy (non-hydrogen) atoms. The lowest BCUT2D eigenvalue weighted by Gasteiger charge is -2.06. The third-order valence-electron chi connectivity index (χ3n) is 3.02. The molecule has 0 heterocycles. The van der Waals surface area contributed by atoms with Gasteiger partial charge in [0.15, 0.2) is 0 Å². The number of nitro benzene ring substituents is 1. The summed E-state index contributed by atoms with van der Waals surface area (Å²) in [7, 11) is 1.53. The summed E-state index contributed by atoms with van der Waals surface area (Å²) >= 11 is 9.29. The van der Waals surface area contributed by atoms with E-state index in [1.54, 1.807) is 18.2 Å². The molecule has 8 heteroatoms. The predicted molar refractivity (Wildman–Crippen MR) is 96.5 cm³/mol. The van der Waals surface area contributed by atoms with Gasteiger partial charge in [0.05, 0.1) is 22.7 Å². The number of anilines is 1. The van der Waals surface area contributed by atoms with Gasteiger partial charge in [-0.15, -0.1) is 0 Å². The van der Waals surface area contributed by atoms with Gasteiger partial charge < -0.3 is 10.1 Å². The van der Waals surface area contributed by atoms with Crippen molar-refractivity contribution in [1.29, 1.82) is 0 Å². The minimum absolute atomic E-state index is 0.160. The number of ether oxygens (including phenoxy) is 1. The van der Waals surface area contributed by atoms with E-state index < -0.39 is 10.8 Å². The van der Waals surface area contributed by atoms with Gasteiger partial charge in [-0.05, 0) is 30.3 Å². The monoisotopic (exact) mass is 410 g/mol. The fourth-order valence-corrected chi connectivity index (χ4v) is 2.44. The molecule has 0 aliphatic heterocycles. The number of nitrogens with zero attached hydrogens (tertiary/aromatic N) is 1. The van der Waals surface area contributed by atoms with E-state index in [-0.39, 0.29) is 16.4 Å². The Balaban J connectivity index is 2.18. The number of carbonyl (C=O) groups excluding carboxylic acids is 1. The van der Waals surface area contributed by atoms with E-state index in [1.807, 2.05) is 6.07 Å². The van der Waals surface area contributed by atoms with E-state index >= 15 is 0 Å². The van der Waals surface area contributed by atoms with Gasteiger partial charge in [-0.3, -0.25) is 14.9 Å². The molecular weight excluding hydrogens is 400 g/mol. The standard InChI is InChI=1S/C16H12BrClN2O4/c1-24-15-6-3-11(17)8-10(15)2-7-16(21)19-14-9-12(20(22)23)4-5-13(14)18/h2-9H,1H3,(H,19,21)/b7-2+. The van der Waals surface area contributed by atoms with Crippen molar-refractivity contribution in [3.63, 3.8) is 0 Å². The molecule has 0 aromatic heterocycles. The number of hydrogen-bond donors (Lipinski definition) is 1. The number of benzene rings is 2. The minimum Gasteiger partial charge on any atom is -0.496 e. The van der Waals surface area contributed by atoms with Crippen LogP contribution in [0, 0.1) is 10.1 Å². The van der Waals surface area contributed by atoms with Gasteiger partial charge in [-0.2, -0.15) is 0 Å². The number of rotatable bonds is 5. The Labute approximate surface area is 151 Å². The van der Waals surface area contributed by atoms with Gasteiger partial charge in [0, 0.05) is 28.2 Å². The first-order valence-electron chi connectivity index (χ1n) is 6.67. The van der Waals surface area contributed by atoms with E-state index in [1.165, 1.54) is 31.4 Å². The third kappa shape index (κ3) is 4.56. The van der Waals surface area contributed by atoms with Gasteiger partial charge in [-0.1, -0.05) is 27.5 Å². The molecule has 0 unspecified atom stereocenters. The van der Waals surface area contributed by atoms with Crippen molar-refractivity contribution < 1.29 is 14.5 Å². The Bertz CT molecular complexity index is 824. The average Bonchev–Trinajstić information content (AvgIpc) is 2.55. The van der Waals surface area contributed by atoms with Crippen molar-refractivity contribution >= 4 is 50.9 Å². The van der Waals surface area contributed by atoms with Gasteiger partial charge in [-0.25, -0.2) is 0 Å². The molecule has 0 aliphatic rings. The maximum atomic E-state index is 12.0. The van der Waals surface area contributed by atoms with Crippen LogP contribution < -0.4 is 10.1 Å². The SMILES string of the molecule is COc1ccc(Br)cc1/C=C/C(=O)Nc1cc([N+](=O)[O-])ccc1Cl. The van der Waals surface area contributed by atoms with E-state index in [2.05, 4.69) is 21.2 Å². The summed E-state index contributed by atoms with van der Waals surface area (Å²) in [5, 5.41) is 13.5. The van der Waals surface area contributed by atoms with E-state index in [0.717, 1.165) is 4.47 Å². The molecule has 6 nitrogen and oxygen atoms in total. The molecule has 1 amide bonds. The Morgan fingerprint density at radius 1 is 1.33 bits per heavy atom. The maximum Gasteiger partial charge on any atom is 0.271 e. The normalized spacial score (nSPS) is 10.6. The molecule has 2 rings (SSSR count). The molecule has 0 spiro atoms. The van der Waals surface area contributed by atoms with Crippen LogP contribution in [0.5, 0.6) is 5.75 Å². The van der Waals surface area contributed by atoms with Crippen molar-refractivity contribution in [2.45, 2.75) is 0 Å². The molecule has 124 valence electrons. The second-order valence-electron chi connectivity index (χ2n) is 4.63. The van der Waals surface area contributed by atoms with Crippen LogP contribution in [0.15, 0.2) is 46.9 Å². The molecule has 0 bridgehead atoms. The van der Waals surface area contributed by atoms with Crippen LogP contribution in [-0.4, -0.2) is 17.9 Å². The highest BCUT2D eigenvalue weighted by molar-refractivity contribution is 9.10. The van der Waals surface area contributed by atoms with Gasteiger partial charge >= 0.3 is 0 Å². The van der Waals surface area contributed by atoms with Crippen molar-refractivity contribution in [2.75, 3.05) is 12.4 Å². The molecule has 0 atom stereocenters. The van der Waals surface area contributed by atoms with Crippen molar-refractivity contribution in [2.24, 2.45) is 0 Å². The number of hydrogen-bond acceptors (Lipinski definition) is 4. The van der Waals surface area contributed by atoms with Crippen LogP contribution in [0.2, 0.25) is 5.02 Å². The number of nitro groups is 1. The lowest BCUT2D eigenvalue weighted by Crippen LogP contribution is -2.08. The Hall–Kier alpha value is -2.38. The quantitative estimate of drug-likeness (QED) is 0.440. The fourth-order valence-electron chi connectivity index (χ4n) is 1.90. The third-order valence-corrected chi connectivity index (χ3v) is 3.85.